The van der Waals surface area contributed by atoms with Crippen LogP contribution in [0.15, 0.2) is 0 Å². The van der Waals surface area contributed by atoms with E-state index in [1.54, 1.807) is 0 Å². The van der Waals surface area contributed by atoms with Crippen molar-refractivity contribution in [3.05, 3.63) is 0 Å². The lowest BCUT2D eigenvalue weighted by molar-refractivity contribution is 0.0201. The van der Waals surface area contributed by atoms with Crippen molar-refractivity contribution in [2.24, 2.45) is 11.1 Å². The highest BCUT2D eigenvalue weighted by Gasteiger charge is 2.13. The highest BCUT2D eigenvalue weighted by atomic mass is 32.2. The highest BCUT2D eigenvalue weighted by Crippen LogP contribution is 2.14. The van der Waals surface area contributed by atoms with Crippen LogP contribution < -0.4 is 5.14 Å². The van der Waals surface area contributed by atoms with Gasteiger partial charge >= 0.3 is 0 Å². The summed E-state index contributed by atoms with van der Waals surface area (Å²) in [4.78, 5) is 0. The van der Waals surface area contributed by atoms with Crippen LogP contribution in [0.5, 0.6) is 0 Å². The highest BCUT2D eigenvalue weighted by molar-refractivity contribution is 7.89. The van der Waals surface area contributed by atoms with Crippen molar-refractivity contribution in [3.8, 4) is 0 Å². The molecule has 0 aromatic rings. The van der Waals surface area contributed by atoms with Gasteiger partial charge in [0.05, 0.1) is 5.75 Å². The molecule has 0 aromatic heterocycles. The molecule has 0 amide bonds. The summed E-state index contributed by atoms with van der Waals surface area (Å²) in [6, 6.07) is 0. The second-order valence-corrected chi connectivity index (χ2v) is 5.94. The molecule has 0 unspecified atom stereocenters. The number of primary sulfonamides is 1. The Morgan fingerprint density at radius 1 is 1.25 bits per heavy atom. The summed E-state index contributed by atoms with van der Waals surface area (Å²) in [6.07, 6.45) is 3.46. The van der Waals surface area contributed by atoms with Crippen LogP contribution in [-0.2, 0) is 19.5 Å². The van der Waals surface area contributed by atoms with Crippen molar-refractivity contribution < 1.29 is 17.9 Å². The fourth-order valence-electron chi connectivity index (χ4n) is 1.67. The number of unbranched alkanes of at least 4 members (excludes halogenated alkanes) is 1. The predicted molar refractivity (Wildman–Crippen MR) is 61.6 cm³/mol. The van der Waals surface area contributed by atoms with E-state index in [1.165, 1.54) is 0 Å². The lowest BCUT2D eigenvalue weighted by Crippen LogP contribution is -2.20. The second-order valence-electron chi connectivity index (χ2n) is 4.20. The predicted octanol–water partition coefficient (Wildman–Crippen LogP) is 0.498. The van der Waals surface area contributed by atoms with E-state index in [-0.39, 0.29) is 5.75 Å². The maximum atomic E-state index is 10.6. The normalized spacial score (nSPS) is 18.8. The van der Waals surface area contributed by atoms with Gasteiger partial charge in [-0.2, -0.15) is 0 Å². The molecule has 0 saturated carbocycles. The Morgan fingerprint density at radius 2 is 1.94 bits per heavy atom. The molecule has 1 aliphatic rings. The van der Waals surface area contributed by atoms with Gasteiger partial charge < -0.3 is 9.47 Å². The van der Waals surface area contributed by atoms with Crippen LogP contribution in [0.2, 0.25) is 0 Å². The van der Waals surface area contributed by atoms with Crippen LogP contribution in [0.4, 0.5) is 0 Å². The minimum atomic E-state index is -3.30. The first-order valence-electron chi connectivity index (χ1n) is 5.74. The lowest BCUT2D eigenvalue weighted by atomic mass is 10.0. The maximum Gasteiger partial charge on any atom is 0.209 e. The summed E-state index contributed by atoms with van der Waals surface area (Å²) in [5.74, 6) is 0.653. The summed E-state index contributed by atoms with van der Waals surface area (Å²) < 4.78 is 32.0. The van der Waals surface area contributed by atoms with E-state index >= 15 is 0 Å². The van der Waals surface area contributed by atoms with Crippen LogP contribution >= 0.6 is 0 Å². The van der Waals surface area contributed by atoms with Gasteiger partial charge in [0.25, 0.3) is 0 Å². The Hall–Kier alpha value is -0.170. The molecule has 96 valence electrons. The first kappa shape index (κ1) is 13.9. The molecule has 1 fully saturated rings. The molecule has 2 N–H and O–H groups in total. The van der Waals surface area contributed by atoms with Crippen molar-refractivity contribution in [2.75, 3.05) is 32.2 Å². The first-order valence-corrected chi connectivity index (χ1v) is 7.45. The maximum absolute atomic E-state index is 10.6. The van der Waals surface area contributed by atoms with Crippen LogP contribution in [0, 0.1) is 5.92 Å². The van der Waals surface area contributed by atoms with Gasteiger partial charge in [-0.25, -0.2) is 13.6 Å². The van der Waals surface area contributed by atoms with E-state index in [4.69, 9.17) is 14.6 Å². The third kappa shape index (κ3) is 7.16. The van der Waals surface area contributed by atoms with Crippen molar-refractivity contribution in [1.82, 2.24) is 0 Å². The average molecular weight is 251 g/mol. The number of hydrogen-bond acceptors (Lipinski definition) is 4. The zero-order chi connectivity index (χ0) is 11.9. The van der Waals surface area contributed by atoms with Gasteiger partial charge in [0.2, 0.25) is 10.0 Å². The molecule has 0 spiro atoms. The van der Waals surface area contributed by atoms with Gasteiger partial charge in [0, 0.05) is 26.4 Å². The number of ether oxygens (including phenoxy) is 2. The first-order chi connectivity index (χ1) is 7.58. The quantitative estimate of drug-likeness (QED) is 0.668. The fraction of sp³-hybridized carbons (Fsp3) is 1.00. The molecule has 1 aliphatic heterocycles. The van der Waals surface area contributed by atoms with Crippen LogP contribution in [0.25, 0.3) is 0 Å². The number of sulfonamides is 1. The Bertz CT molecular complexity index is 273. The van der Waals surface area contributed by atoms with Crippen molar-refractivity contribution in [2.45, 2.75) is 25.7 Å². The summed E-state index contributed by atoms with van der Waals surface area (Å²) in [5, 5.41) is 4.88. The summed E-state index contributed by atoms with van der Waals surface area (Å²) in [6.45, 7) is 3.05. The van der Waals surface area contributed by atoms with E-state index < -0.39 is 10.0 Å². The Kier molecular flexibility index (Phi) is 6.26. The molecule has 1 rings (SSSR count). The largest absolute Gasteiger partial charge is 0.381 e. The summed E-state index contributed by atoms with van der Waals surface area (Å²) in [5.41, 5.74) is 0. The number of rotatable bonds is 7. The molecule has 0 atom stereocenters. The van der Waals surface area contributed by atoms with Gasteiger partial charge in [-0.3, -0.25) is 0 Å². The lowest BCUT2D eigenvalue weighted by Gasteiger charge is -2.21. The molecular weight excluding hydrogens is 230 g/mol. The monoisotopic (exact) mass is 251 g/mol. The van der Waals surface area contributed by atoms with E-state index in [0.29, 0.717) is 18.9 Å². The smallest absolute Gasteiger partial charge is 0.209 e. The van der Waals surface area contributed by atoms with Crippen molar-refractivity contribution >= 4 is 10.0 Å². The number of nitrogens with two attached hydrogens (primary N) is 1. The summed E-state index contributed by atoms with van der Waals surface area (Å²) >= 11 is 0. The van der Waals surface area contributed by atoms with Crippen LogP contribution in [0.1, 0.15) is 25.7 Å². The zero-order valence-corrected chi connectivity index (χ0v) is 10.4. The molecule has 0 radical (unpaired) electrons. The third-order valence-corrected chi connectivity index (χ3v) is 3.52. The molecule has 16 heavy (non-hydrogen) atoms. The van der Waals surface area contributed by atoms with Crippen LogP contribution in [-0.4, -0.2) is 40.6 Å². The molecule has 0 aliphatic carbocycles. The summed E-state index contributed by atoms with van der Waals surface area (Å²) in [7, 11) is -3.30. The Balaban J connectivity index is 1.91. The topological polar surface area (TPSA) is 78.6 Å². The fourth-order valence-corrected chi connectivity index (χ4v) is 2.28. The molecule has 5 nitrogen and oxygen atoms in total. The van der Waals surface area contributed by atoms with Gasteiger partial charge in [0.1, 0.15) is 0 Å². The molecule has 0 aromatic carbocycles. The minimum Gasteiger partial charge on any atom is -0.381 e. The van der Waals surface area contributed by atoms with E-state index in [0.717, 1.165) is 39.1 Å². The third-order valence-electron chi connectivity index (χ3n) is 2.66. The molecule has 1 saturated heterocycles. The van der Waals surface area contributed by atoms with Crippen molar-refractivity contribution in [1.29, 1.82) is 0 Å². The zero-order valence-electron chi connectivity index (χ0n) is 9.56. The second kappa shape index (κ2) is 7.21. The SMILES string of the molecule is NS(=O)(=O)CCCCOCC1CCOCC1. The number of hydrogen-bond donors (Lipinski definition) is 1. The van der Waals surface area contributed by atoms with Crippen LogP contribution in [0.3, 0.4) is 0 Å². The van der Waals surface area contributed by atoms with E-state index in [1.807, 2.05) is 0 Å². The Labute approximate surface area is 97.3 Å². The van der Waals surface area contributed by atoms with E-state index in [2.05, 4.69) is 0 Å². The standard InChI is InChI=1S/C10H21NO4S/c11-16(12,13)8-2-1-5-15-9-10-3-6-14-7-4-10/h10H,1-9H2,(H2,11,12,13). The van der Waals surface area contributed by atoms with Gasteiger partial charge in [-0.05, 0) is 31.6 Å². The minimum absolute atomic E-state index is 0.0492. The molecule has 6 heteroatoms. The van der Waals surface area contributed by atoms with E-state index in [9.17, 15) is 8.42 Å². The Morgan fingerprint density at radius 3 is 2.56 bits per heavy atom. The van der Waals surface area contributed by atoms with Crippen molar-refractivity contribution in [3.63, 3.8) is 0 Å². The van der Waals surface area contributed by atoms with Gasteiger partial charge in [0.15, 0.2) is 0 Å². The molecule has 1 heterocycles. The molecule has 0 bridgehead atoms. The average Bonchev–Trinajstić information content (AvgIpc) is 2.23. The van der Waals surface area contributed by atoms with Gasteiger partial charge in [-0.15, -0.1) is 0 Å². The van der Waals surface area contributed by atoms with Gasteiger partial charge in [-0.1, -0.05) is 0 Å². The molecular formula is C10H21NO4S.